The van der Waals surface area contributed by atoms with Gasteiger partial charge < -0.3 is 9.26 Å². The van der Waals surface area contributed by atoms with Crippen molar-refractivity contribution in [3.05, 3.63) is 57.0 Å². The number of ether oxygens (including phenoxy) is 1. The molecule has 9 heteroatoms. The summed E-state index contributed by atoms with van der Waals surface area (Å²) in [7, 11) is -3.89. The zero-order valence-electron chi connectivity index (χ0n) is 13.2. The highest BCUT2D eigenvalue weighted by Crippen LogP contribution is 2.39. The number of hydrogen-bond donors (Lipinski definition) is 1. The molecule has 6 nitrogen and oxygen atoms in total. The van der Waals surface area contributed by atoms with E-state index in [1.54, 1.807) is 13.0 Å². The van der Waals surface area contributed by atoms with E-state index in [1.165, 1.54) is 0 Å². The summed E-state index contributed by atoms with van der Waals surface area (Å²) < 4.78 is 35.4. The van der Waals surface area contributed by atoms with Gasteiger partial charge in [0, 0.05) is 4.88 Å². The van der Waals surface area contributed by atoms with Crippen LogP contribution in [0.1, 0.15) is 16.1 Å². The largest absolute Gasteiger partial charge is 0.371 e. The van der Waals surface area contributed by atoms with Crippen LogP contribution in [-0.2, 0) is 28.0 Å². The van der Waals surface area contributed by atoms with Crippen LogP contribution in [0.3, 0.4) is 0 Å². The number of primary sulfonamides is 1. The Bertz CT molecular complexity index is 981. The molecule has 0 radical (unpaired) electrons. The highest BCUT2D eigenvalue weighted by Gasteiger charge is 2.25. The number of aryl methyl sites for hydroxylation is 1. The summed E-state index contributed by atoms with van der Waals surface area (Å²) >= 11 is 4.43. The number of sulfonamides is 1. The Morgan fingerprint density at radius 1 is 1.28 bits per heavy atom. The molecule has 2 N–H and O–H groups in total. The van der Waals surface area contributed by atoms with Gasteiger partial charge >= 0.3 is 0 Å². The number of benzene rings is 1. The van der Waals surface area contributed by atoms with Crippen molar-refractivity contribution in [2.45, 2.75) is 24.3 Å². The molecule has 0 aliphatic heterocycles. The molecular formula is C16H15BrN2O4S2. The van der Waals surface area contributed by atoms with E-state index in [4.69, 9.17) is 14.4 Å². The van der Waals surface area contributed by atoms with Crippen LogP contribution < -0.4 is 5.14 Å². The molecule has 25 heavy (non-hydrogen) atoms. The second-order valence-electron chi connectivity index (χ2n) is 5.35. The molecular weight excluding hydrogens is 428 g/mol. The molecule has 0 atom stereocenters. The molecule has 0 saturated carbocycles. The van der Waals surface area contributed by atoms with E-state index in [2.05, 4.69) is 21.1 Å². The predicted molar refractivity (Wildman–Crippen MR) is 98.6 cm³/mol. The summed E-state index contributed by atoms with van der Waals surface area (Å²) in [6.45, 7) is 2.46. The third-order valence-corrected chi connectivity index (χ3v) is 6.92. The lowest BCUT2D eigenvalue weighted by molar-refractivity contribution is 0.109. The Balaban J connectivity index is 1.85. The van der Waals surface area contributed by atoms with E-state index >= 15 is 0 Å². The molecule has 3 aromatic rings. The van der Waals surface area contributed by atoms with E-state index in [0.717, 1.165) is 21.8 Å². The van der Waals surface area contributed by atoms with Crippen LogP contribution in [0.15, 0.2) is 49.6 Å². The van der Waals surface area contributed by atoms with Crippen LogP contribution in [0.4, 0.5) is 0 Å². The number of nitrogens with zero attached hydrogens (tertiary/aromatic N) is 1. The van der Waals surface area contributed by atoms with Crippen LogP contribution in [0, 0.1) is 6.92 Å². The zero-order valence-corrected chi connectivity index (χ0v) is 16.4. The fraction of sp³-hybridized carbons (Fsp3) is 0.188. The number of hydrogen-bond acceptors (Lipinski definition) is 6. The van der Waals surface area contributed by atoms with E-state index in [0.29, 0.717) is 28.1 Å². The molecule has 0 amide bonds. The van der Waals surface area contributed by atoms with E-state index in [1.807, 2.05) is 30.3 Å². The second kappa shape index (κ2) is 7.38. The quantitative estimate of drug-likeness (QED) is 0.625. The zero-order chi connectivity index (χ0) is 18.0. The number of halogens is 1. The fourth-order valence-corrected chi connectivity index (χ4v) is 4.65. The third-order valence-electron chi connectivity index (χ3n) is 3.40. The van der Waals surface area contributed by atoms with Crippen molar-refractivity contribution in [1.82, 2.24) is 5.16 Å². The van der Waals surface area contributed by atoms with E-state index < -0.39 is 10.0 Å². The van der Waals surface area contributed by atoms with Crippen LogP contribution in [0.25, 0.3) is 11.3 Å². The molecule has 0 spiro atoms. The summed E-state index contributed by atoms with van der Waals surface area (Å²) in [5.74, 6) is 0.340. The fourth-order valence-electron chi connectivity index (χ4n) is 2.23. The Kier molecular flexibility index (Phi) is 5.40. The van der Waals surface area contributed by atoms with Gasteiger partial charge in [0.2, 0.25) is 10.0 Å². The van der Waals surface area contributed by atoms with Crippen LogP contribution in [0.2, 0.25) is 0 Å². The first-order valence-corrected chi connectivity index (χ1v) is 10.4. The van der Waals surface area contributed by atoms with E-state index in [-0.39, 0.29) is 10.8 Å². The Morgan fingerprint density at radius 3 is 2.60 bits per heavy atom. The summed E-state index contributed by atoms with van der Waals surface area (Å²) in [6.07, 6.45) is 0. The Labute approximate surface area is 157 Å². The van der Waals surface area contributed by atoms with Gasteiger partial charge in [0.25, 0.3) is 0 Å². The lowest BCUT2D eigenvalue weighted by Gasteiger charge is -2.02. The van der Waals surface area contributed by atoms with Gasteiger partial charge in [-0.2, -0.15) is 0 Å². The van der Waals surface area contributed by atoms with Crippen molar-refractivity contribution in [2.24, 2.45) is 5.14 Å². The minimum Gasteiger partial charge on any atom is -0.371 e. The molecule has 132 valence electrons. The van der Waals surface area contributed by atoms with E-state index in [9.17, 15) is 8.42 Å². The lowest BCUT2D eigenvalue weighted by atomic mass is 10.2. The smallest absolute Gasteiger partial charge is 0.248 e. The van der Waals surface area contributed by atoms with Crippen LogP contribution in [-0.4, -0.2) is 13.6 Å². The van der Waals surface area contributed by atoms with Crippen molar-refractivity contribution in [3.8, 4) is 11.3 Å². The van der Waals surface area contributed by atoms with Gasteiger partial charge in [-0.3, -0.25) is 0 Å². The van der Waals surface area contributed by atoms with Crippen molar-refractivity contribution in [1.29, 1.82) is 0 Å². The SMILES string of the molecule is Cc1noc(-c2cc(COCc3ccccc3)sc2S(N)(=O)=O)c1Br. The molecule has 0 fully saturated rings. The molecule has 0 bridgehead atoms. The normalized spacial score (nSPS) is 11.8. The molecule has 0 unspecified atom stereocenters. The lowest BCUT2D eigenvalue weighted by Crippen LogP contribution is -2.11. The molecule has 2 heterocycles. The maximum atomic E-state index is 11.9. The van der Waals surface area contributed by atoms with Crippen LogP contribution in [0.5, 0.6) is 0 Å². The standard InChI is InChI=1S/C16H15BrN2O4S2/c1-10-14(17)15(23-19-10)13-7-12(24-16(13)25(18,20)21)9-22-8-11-5-3-2-4-6-11/h2-7H,8-9H2,1H3,(H2,18,20,21). The van der Waals surface area contributed by atoms with Gasteiger partial charge in [0.1, 0.15) is 4.21 Å². The Morgan fingerprint density at radius 2 is 2.00 bits per heavy atom. The number of rotatable bonds is 6. The van der Waals surface area contributed by atoms with Gasteiger partial charge in [-0.25, -0.2) is 13.6 Å². The molecule has 1 aromatic carbocycles. The molecule has 0 saturated heterocycles. The first-order valence-electron chi connectivity index (χ1n) is 7.25. The van der Waals surface area contributed by atoms with Crippen molar-refractivity contribution in [3.63, 3.8) is 0 Å². The highest BCUT2D eigenvalue weighted by atomic mass is 79.9. The average molecular weight is 443 g/mol. The number of thiophene rings is 1. The van der Waals surface area contributed by atoms with Crippen molar-refractivity contribution < 1.29 is 17.7 Å². The van der Waals surface area contributed by atoms with Gasteiger partial charge in [0.15, 0.2) is 5.76 Å². The van der Waals surface area contributed by atoms with Gasteiger partial charge in [0.05, 0.1) is 28.9 Å². The molecule has 2 aromatic heterocycles. The molecule has 3 rings (SSSR count). The first-order chi connectivity index (χ1) is 11.9. The minimum absolute atomic E-state index is 0.0302. The third kappa shape index (κ3) is 4.18. The Hall–Kier alpha value is -1.52. The summed E-state index contributed by atoms with van der Waals surface area (Å²) in [6, 6.07) is 11.4. The van der Waals surface area contributed by atoms with Crippen molar-refractivity contribution >= 4 is 37.3 Å². The summed E-state index contributed by atoms with van der Waals surface area (Å²) in [5, 5.41) is 9.19. The monoisotopic (exact) mass is 442 g/mol. The summed E-state index contributed by atoms with van der Waals surface area (Å²) in [5.41, 5.74) is 2.06. The maximum Gasteiger partial charge on any atom is 0.248 e. The highest BCUT2D eigenvalue weighted by molar-refractivity contribution is 9.10. The average Bonchev–Trinajstić information content (AvgIpc) is 3.13. The van der Waals surface area contributed by atoms with Gasteiger partial charge in [-0.05, 0) is 34.5 Å². The molecule has 0 aliphatic rings. The first kappa shape index (κ1) is 18.3. The minimum atomic E-state index is -3.89. The topological polar surface area (TPSA) is 95.4 Å². The maximum absolute atomic E-state index is 11.9. The predicted octanol–water partition coefficient (Wildman–Crippen LogP) is 3.84. The summed E-state index contributed by atoms with van der Waals surface area (Å²) in [4.78, 5) is 0.732. The van der Waals surface area contributed by atoms with Gasteiger partial charge in [-0.1, -0.05) is 35.5 Å². The van der Waals surface area contributed by atoms with Crippen molar-refractivity contribution in [2.75, 3.05) is 0 Å². The number of aromatic nitrogens is 1. The van der Waals surface area contributed by atoms with Gasteiger partial charge in [-0.15, -0.1) is 11.3 Å². The second-order valence-corrected chi connectivity index (χ2v) is 9.03. The van der Waals surface area contributed by atoms with Crippen LogP contribution >= 0.6 is 27.3 Å². The molecule has 0 aliphatic carbocycles. The number of nitrogens with two attached hydrogens (primary N) is 1.